The summed E-state index contributed by atoms with van der Waals surface area (Å²) in [5, 5.41) is 0. The van der Waals surface area contributed by atoms with E-state index in [0.29, 0.717) is 5.75 Å². The molecule has 2 rings (SSSR count). The maximum Gasteiger partial charge on any atom is 0.133 e. The Morgan fingerprint density at radius 3 is 2.11 bits per heavy atom. The van der Waals surface area contributed by atoms with Gasteiger partial charge in [0.2, 0.25) is 0 Å². The topological polar surface area (TPSA) is 35.2 Å². The average Bonchev–Trinajstić information content (AvgIpc) is 2.37. The highest BCUT2D eigenvalue weighted by Crippen LogP contribution is 2.25. The van der Waals surface area contributed by atoms with E-state index in [1.165, 1.54) is 0 Å². The first-order valence-corrected chi connectivity index (χ1v) is 6.08. The Hall–Kier alpha value is -1.94. The minimum absolute atomic E-state index is 0.0133. The van der Waals surface area contributed by atoms with E-state index in [0.717, 1.165) is 30.2 Å². The smallest absolute Gasteiger partial charge is 0.133 e. The first-order valence-electron chi connectivity index (χ1n) is 6.08. The molecule has 100 valence electrons. The quantitative estimate of drug-likeness (QED) is 0.898. The van der Waals surface area contributed by atoms with Crippen molar-refractivity contribution in [3.63, 3.8) is 0 Å². The molecule has 2 N–H and O–H groups in total. The van der Waals surface area contributed by atoms with Crippen LogP contribution in [0.4, 0.5) is 8.78 Å². The van der Waals surface area contributed by atoms with Crippen LogP contribution in [0.3, 0.4) is 0 Å². The van der Waals surface area contributed by atoms with Crippen LogP contribution in [-0.2, 0) is 0 Å². The largest absolute Gasteiger partial charge is 0.457 e. The highest BCUT2D eigenvalue weighted by molar-refractivity contribution is 5.34. The van der Waals surface area contributed by atoms with Crippen LogP contribution in [-0.4, -0.2) is 0 Å². The van der Waals surface area contributed by atoms with Gasteiger partial charge in [-0.1, -0.05) is 19.1 Å². The zero-order valence-corrected chi connectivity index (χ0v) is 10.6. The molecule has 1 atom stereocenters. The van der Waals surface area contributed by atoms with Gasteiger partial charge in [0.25, 0.3) is 0 Å². The van der Waals surface area contributed by atoms with E-state index in [1.54, 1.807) is 12.1 Å². The second-order valence-corrected chi connectivity index (χ2v) is 4.29. The van der Waals surface area contributed by atoms with Crippen LogP contribution in [0.5, 0.6) is 11.5 Å². The van der Waals surface area contributed by atoms with Gasteiger partial charge in [-0.3, -0.25) is 0 Å². The predicted molar refractivity (Wildman–Crippen MR) is 70.1 cm³/mol. The SMILES string of the molecule is CC[C@H](N)c1ccc(Oc2cc(F)cc(F)c2)cc1. The van der Waals surface area contributed by atoms with Crippen LogP contribution in [0.15, 0.2) is 42.5 Å². The fraction of sp³-hybridized carbons (Fsp3) is 0.200. The first-order chi connectivity index (χ1) is 9.08. The molecule has 0 radical (unpaired) electrons. The van der Waals surface area contributed by atoms with E-state index in [9.17, 15) is 8.78 Å². The number of hydrogen-bond donors (Lipinski definition) is 1. The fourth-order valence-corrected chi connectivity index (χ4v) is 1.74. The predicted octanol–water partition coefficient (Wildman–Crippen LogP) is 4.17. The highest BCUT2D eigenvalue weighted by Gasteiger charge is 2.05. The molecule has 0 aliphatic carbocycles. The third-order valence-corrected chi connectivity index (χ3v) is 2.82. The van der Waals surface area contributed by atoms with E-state index in [1.807, 2.05) is 19.1 Å². The lowest BCUT2D eigenvalue weighted by Gasteiger charge is -2.10. The first kappa shape index (κ1) is 13.5. The highest BCUT2D eigenvalue weighted by atomic mass is 19.1. The number of nitrogens with two attached hydrogens (primary N) is 1. The molecule has 0 bridgehead atoms. The van der Waals surface area contributed by atoms with Crippen LogP contribution >= 0.6 is 0 Å². The Labute approximate surface area is 110 Å². The number of rotatable bonds is 4. The number of hydrogen-bond acceptors (Lipinski definition) is 2. The molecule has 0 saturated carbocycles. The summed E-state index contributed by atoms with van der Waals surface area (Å²) < 4.78 is 31.4. The van der Waals surface area contributed by atoms with Crippen molar-refractivity contribution in [3.05, 3.63) is 59.7 Å². The summed E-state index contributed by atoms with van der Waals surface area (Å²) >= 11 is 0. The summed E-state index contributed by atoms with van der Waals surface area (Å²) in [6, 6.07) is 10.2. The van der Waals surface area contributed by atoms with Gasteiger partial charge in [0.1, 0.15) is 23.1 Å². The summed E-state index contributed by atoms with van der Waals surface area (Å²) in [5.74, 6) is -0.693. The molecule has 0 aliphatic heterocycles. The summed E-state index contributed by atoms with van der Waals surface area (Å²) in [4.78, 5) is 0. The number of ether oxygens (including phenoxy) is 1. The van der Waals surface area contributed by atoms with Gasteiger partial charge < -0.3 is 10.5 Å². The molecule has 0 fully saturated rings. The van der Waals surface area contributed by atoms with Crippen molar-refractivity contribution >= 4 is 0 Å². The van der Waals surface area contributed by atoms with Crippen LogP contribution in [0.1, 0.15) is 24.9 Å². The Morgan fingerprint density at radius 1 is 1.00 bits per heavy atom. The molecule has 19 heavy (non-hydrogen) atoms. The molecule has 0 aromatic heterocycles. The van der Waals surface area contributed by atoms with Crippen molar-refractivity contribution < 1.29 is 13.5 Å². The van der Waals surface area contributed by atoms with E-state index in [4.69, 9.17) is 10.5 Å². The lowest BCUT2D eigenvalue weighted by atomic mass is 10.1. The molecule has 2 aromatic carbocycles. The molecular weight excluding hydrogens is 248 g/mol. The molecule has 0 saturated heterocycles. The van der Waals surface area contributed by atoms with Crippen molar-refractivity contribution in [2.45, 2.75) is 19.4 Å². The molecule has 0 unspecified atom stereocenters. The minimum Gasteiger partial charge on any atom is -0.457 e. The number of benzene rings is 2. The van der Waals surface area contributed by atoms with Gasteiger partial charge in [0.05, 0.1) is 0 Å². The number of halogens is 2. The summed E-state index contributed by atoms with van der Waals surface area (Å²) in [6.45, 7) is 2.00. The van der Waals surface area contributed by atoms with E-state index in [2.05, 4.69) is 0 Å². The second kappa shape index (κ2) is 5.80. The zero-order chi connectivity index (χ0) is 13.8. The normalized spacial score (nSPS) is 12.2. The summed E-state index contributed by atoms with van der Waals surface area (Å²) in [5.41, 5.74) is 6.90. The Balaban J connectivity index is 2.15. The fourth-order valence-electron chi connectivity index (χ4n) is 1.74. The summed E-state index contributed by atoms with van der Waals surface area (Å²) in [6.07, 6.45) is 0.843. The Kier molecular flexibility index (Phi) is 4.12. The third-order valence-electron chi connectivity index (χ3n) is 2.82. The van der Waals surface area contributed by atoms with Crippen LogP contribution in [0, 0.1) is 11.6 Å². The summed E-state index contributed by atoms with van der Waals surface area (Å²) in [7, 11) is 0. The monoisotopic (exact) mass is 263 g/mol. The average molecular weight is 263 g/mol. The third kappa shape index (κ3) is 3.51. The molecular formula is C15H15F2NO. The Morgan fingerprint density at radius 2 is 1.58 bits per heavy atom. The molecule has 4 heteroatoms. The van der Waals surface area contributed by atoms with Crippen LogP contribution in [0.2, 0.25) is 0 Å². The van der Waals surface area contributed by atoms with E-state index in [-0.39, 0.29) is 11.8 Å². The maximum absolute atomic E-state index is 13.0. The van der Waals surface area contributed by atoms with E-state index < -0.39 is 11.6 Å². The lowest BCUT2D eigenvalue weighted by molar-refractivity contribution is 0.468. The maximum atomic E-state index is 13.0. The van der Waals surface area contributed by atoms with Gasteiger partial charge in [-0.05, 0) is 24.1 Å². The van der Waals surface area contributed by atoms with E-state index >= 15 is 0 Å². The van der Waals surface area contributed by atoms with Crippen molar-refractivity contribution in [2.24, 2.45) is 5.73 Å². The van der Waals surface area contributed by atoms with Gasteiger partial charge in [0, 0.05) is 24.2 Å². The molecule has 2 aromatic rings. The van der Waals surface area contributed by atoms with Crippen molar-refractivity contribution in [1.82, 2.24) is 0 Å². The van der Waals surface area contributed by atoms with Crippen molar-refractivity contribution in [3.8, 4) is 11.5 Å². The van der Waals surface area contributed by atoms with Crippen LogP contribution in [0.25, 0.3) is 0 Å². The van der Waals surface area contributed by atoms with Crippen LogP contribution < -0.4 is 10.5 Å². The zero-order valence-electron chi connectivity index (χ0n) is 10.6. The van der Waals surface area contributed by atoms with Crippen molar-refractivity contribution in [2.75, 3.05) is 0 Å². The molecule has 0 spiro atoms. The van der Waals surface area contributed by atoms with Crippen molar-refractivity contribution in [1.29, 1.82) is 0 Å². The minimum atomic E-state index is -0.667. The van der Waals surface area contributed by atoms with Gasteiger partial charge >= 0.3 is 0 Å². The van der Waals surface area contributed by atoms with Gasteiger partial charge in [-0.25, -0.2) is 8.78 Å². The molecule has 0 amide bonds. The van der Waals surface area contributed by atoms with Gasteiger partial charge in [-0.2, -0.15) is 0 Å². The van der Waals surface area contributed by atoms with Gasteiger partial charge in [0.15, 0.2) is 0 Å². The molecule has 2 nitrogen and oxygen atoms in total. The Bertz CT molecular complexity index is 534. The lowest BCUT2D eigenvalue weighted by Crippen LogP contribution is -2.08. The second-order valence-electron chi connectivity index (χ2n) is 4.29. The molecule has 0 aliphatic rings. The van der Waals surface area contributed by atoms with Gasteiger partial charge in [-0.15, -0.1) is 0 Å². The standard InChI is InChI=1S/C15H15F2NO/c1-2-15(18)10-3-5-13(6-4-10)19-14-8-11(16)7-12(17)9-14/h3-9,15H,2,18H2,1H3/t15-/m0/s1. The molecule has 0 heterocycles.